The van der Waals surface area contributed by atoms with Gasteiger partial charge in [-0.1, -0.05) is 25.6 Å². The first-order chi connectivity index (χ1) is 38.7. The molecule has 0 aliphatic carbocycles. The van der Waals surface area contributed by atoms with Gasteiger partial charge in [0.05, 0.1) is 57.7 Å². The van der Waals surface area contributed by atoms with Gasteiger partial charge >= 0.3 is 18.3 Å². The Hall–Kier alpha value is -6.45. The highest BCUT2D eigenvalue weighted by atomic mass is 19.1. The van der Waals surface area contributed by atoms with Crippen LogP contribution in [0.15, 0.2) is 54.6 Å². The molecule has 9 aliphatic rings. The Labute approximate surface area is 480 Å². The minimum absolute atomic E-state index is 0. The van der Waals surface area contributed by atoms with Crippen molar-refractivity contribution in [2.24, 2.45) is 0 Å². The minimum atomic E-state index is -0.299. The van der Waals surface area contributed by atoms with Crippen LogP contribution in [0.5, 0.6) is 0 Å². The van der Waals surface area contributed by atoms with E-state index in [1.807, 2.05) is 14.7 Å². The number of anilines is 3. The lowest BCUT2D eigenvalue weighted by Crippen LogP contribution is -2.55. The molecule has 6 saturated heterocycles. The fourth-order valence-corrected chi connectivity index (χ4v) is 14.5. The summed E-state index contributed by atoms with van der Waals surface area (Å²) in [5.41, 5.74) is 4.79. The quantitative estimate of drug-likeness (QED) is 0.220. The van der Waals surface area contributed by atoms with Crippen LogP contribution in [0, 0.1) is 17.5 Å². The van der Waals surface area contributed by atoms with Gasteiger partial charge in [-0.05, 0) is 132 Å². The number of fused-ring (bicyclic) bond motifs is 3. The number of halogens is 3. The zero-order valence-electron chi connectivity index (χ0n) is 47.7. The van der Waals surface area contributed by atoms with E-state index in [9.17, 15) is 41.9 Å². The Morgan fingerprint density at radius 1 is 0.427 bits per heavy atom. The van der Waals surface area contributed by atoms with E-state index in [0.717, 1.165) is 131 Å². The van der Waals surface area contributed by atoms with E-state index in [-0.39, 0.29) is 95.6 Å². The van der Waals surface area contributed by atoms with Crippen molar-refractivity contribution in [1.82, 2.24) is 29.4 Å². The fourth-order valence-electron chi connectivity index (χ4n) is 14.5. The Kier molecular flexibility index (Phi) is 17.9. The zero-order chi connectivity index (χ0) is 57.5. The Morgan fingerprint density at radius 3 is 0.902 bits per heavy atom. The predicted molar refractivity (Wildman–Crippen MR) is 304 cm³/mol. The van der Waals surface area contributed by atoms with Crippen molar-refractivity contribution in [3.05, 3.63) is 88.7 Å². The molecule has 0 bridgehead atoms. The van der Waals surface area contributed by atoms with E-state index in [1.165, 1.54) is 57.7 Å². The van der Waals surface area contributed by atoms with Crippen LogP contribution >= 0.6 is 0 Å². The number of piperidine rings is 3. The Balaban J connectivity index is 0.000000147. The molecule has 21 heteroatoms. The van der Waals surface area contributed by atoms with E-state index in [4.69, 9.17) is 14.2 Å². The second kappa shape index (κ2) is 24.4. The zero-order valence-corrected chi connectivity index (χ0v) is 47.7. The SMILES string of the molecule is C.COC(=O)N1CCC(C)(N2CCC(N3C(=O)Cc4ccc(F)cc43)CC2)C1.COC(=O)N1CCC(C)(N2CCC(N3C(=O)Cc4ccc(F)cc43)CC2)C1.COC(=O)N1CCC(C)(N2CCC(N3C(=O)Cc4ccc(F)cc43)CC2)C1. The standard InChI is InChI=1S/3C20H26FN3O3.CH4/c3*1-20(7-10-22(13-20)19(26)27-2)23-8-5-16(6-9-23)24-17-12-15(21)4-3-14(17)11-18(24)25;/h3*3-4,12,16H,5-11,13H2,1-2H3;1H4. The average Bonchev–Trinajstić information content (AvgIpc) is 4.44. The summed E-state index contributed by atoms with van der Waals surface area (Å²) in [7, 11) is 4.24. The van der Waals surface area contributed by atoms with Gasteiger partial charge < -0.3 is 43.6 Å². The molecular weight excluding hydrogens is 1060 g/mol. The molecule has 446 valence electrons. The fraction of sp³-hybridized carbons (Fsp3) is 0.607. The van der Waals surface area contributed by atoms with E-state index in [1.54, 1.807) is 32.9 Å². The average molecular weight is 1140 g/mol. The number of methoxy groups -OCH3 is 3. The van der Waals surface area contributed by atoms with Crippen LogP contribution in [0.25, 0.3) is 0 Å². The number of ether oxygens (including phenoxy) is 3. The maximum absolute atomic E-state index is 13.7. The normalized spacial score (nSPS) is 26.2. The van der Waals surface area contributed by atoms with Crippen LogP contribution in [0.2, 0.25) is 0 Å². The van der Waals surface area contributed by atoms with Gasteiger partial charge in [-0.25, -0.2) is 27.6 Å². The molecule has 6 amide bonds. The predicted octanol–water partition coefficient (Wildman–Crippen LogP) is 7.87. The third-order valence-electron chi connectivity index (χ3n) is 19.2. The number of benzene rings is 3. The second-order valence-corrected chi connectivity index (χ2v) is 24.2. The molecule has 0 saturated carbocycles. The number of carbonyl (C=O) groups is 6. The summed E-state index contributed by atoms with van der Waals surface area (Å²) in [4.78, 5) is 91.0. The summed E-state index contributed by atoms with van der Waals surface area (Å²) in [6, 6.07) is 14.2. The number of rotatable bonds is 6. The van der Waals surface area contributed by atoms with Crippen LogP contribution in [0.4, 0.5) is 44.6 Å². The summed E-state index contributed by atoms with van der Waals surface area (Å²) in [6.07, 6.45) is 8.18. The molecule has 0 radical (unpaired) electrons. The van der Waals surface area contributed by atoms with Crippen LogP contribution in [-0.2, 0) is 47.9 Å². The lowest BCUT2D eigenvalue weighted by Gasteiger charge is -2.44. The molecular formula is C61H82F3N9O9. The maximum Gasteiger partial charge on any atom is 0.409 e. The molecule has 82 heavy (non-hydrogen) atoms. The third kappa shape index (κ3) is 12.0. The van der Waals surface area contributed by atoms with E-state index in [2.05, 4.69) is 35.5 Å². The number of amides is 6. The highest BCUT2D eigenvalue weighted by Gasteiger charge is 2.47. The van der Waals surface area contributed by atoms with Crippen LogP contribution in [0.1, 0.15) is 103 Å². The molecule has 3 atom stereocenters. The summed E-state index contributed by atoms with van der Waals surface area (Å²) >= 11 is 0. The molecule has 3 aromatic carbocycles. The highest BCUT2D eigenvalue weighted by Crippen LogP contribution is 2.41. The van der Waals surface area contributed by atoms with E-state index in [0.29, 0.717) is 58.5 Å². The largest absolute Gasteiger partial charge is 0.453 e. The number of nitrogens with zero attached hydrogens (tertiary/aromatic N) is 9. The summed E-state index contributed by atoms with van der Waals surface area (Å²) in [5, 5.41) is 0. The van der Waals surface area contributed by atoms with Gasteiger partial charge in [-0.15, -0.1) is 0 Å². The molecule has 9 aliphatic heterocycles. The van der Waals surface area contributed by atoms with Gasteiger partial charge in [0.2, 0.25) is 17.7 Å². The molecule has 18 nitrogen and oxygen atoms in total. The van der Waals surface area contributed by atoms with Crippen LogP contribution in [0.3, 0.4) is 0 Å². The minimum Gasteiger partial charge on any atom is -0.453 e. The monoisotopic (exact) mass is 1140 g/mol. The van der Waals surface area contributed by atoms with E-state index >= 15 is 0 Å². The molecule has 9 heterocycles. The van der Waals surface area contributed by atoms with Gasteiger partial charge in [-0.2, -0.15) is 0 Å². The van der Waals surface area contributed by atoms with Crippen LogP contribution < -0.4 is 14.7 Å². The first-order valence-electron chi connectivity index (χ1n) is 28.8. The highest BCUT2D eigenvalue weighted by molar-refractivity contribution is 6.03. The second-order valence-electron chi connectivity index (χ2n) is 24.2. The van der Waals surface area contributed by atoms with Gasteiger partial charge in [0.1, 0.15) is 17.5 Å². The third-order valence-corrected chi connectivity index (χ3v) is 19.2. The van der Waals surface area contributed by atoms with Crippen LogP contribution in [-0.4, -0.2) is 200 Å². The van der Waals surface area contributed by atoms with Crippen molar-refractivity contribution in [2.45, 2.75) is 140 Å². The first-order valence-corrected chi connectivity index (χ1v) is 28.8. The van der Waals surface area contributed by atoms with Crippen molar-refractivity contribution in [2.75, 3.05) is 115 Å². The van der Waals surface area contributed by atoms with Crippen molar-refractivity contribution >= 4 is 53.1 Å². The number of hydrogen-bond acceptors (Lipinski definition) is 12. The van der Waals surface area contributed by atoms with E-state index < -0.39 is 0 Å². The molecule has 0 spiro atoms. The number of likely N-dealkylation sites (tertiary alicyclic amines) is 6. The lowest BCUT2D eigenvalue weighted by atomic mass is 9.93. The summed E-state index contributed by atoms with van der Waals surface area (Å²) in [5.74, 6) is -0.694. The molecule has 3 aromatic rings. The molecule has 6 fully saturated rings. The van der Waals surface area contributed by atoms with Crippen molar-refractivity contribution in [1.29, 1.82) is 0 Å². The number of hydrogen-bond donors (Lipinski definition) is 0. The topological polar surface area (TPSA) is 159 Å². The Morgan fingerprint density at radius 2 is 0.671 bits per heavy atom. The van der Waals surface area contributed by atoms with Crippen molar-refractivity contribution < 1.29 is 56.1 Å². The Bertz CT molecular complexity index is 2590. The number of carbonyl (C=O) groups excluding carboxylic acids is 6. The van der Waals surface area contributed by atoms with Gasteiger partial charge in [0.25, 0.3) is 0 Å². The molecule has 12 rings (SSSR count). The van der Waals surface area contributed by atoms with Gasteiger partial charge in [0, 0.05) is 113 Å². The van der Waals surface area contributed by atoms with Crippen molar-refractivity contribution in [3.8, 4) is 0 Å². The van der Waals surface area contributed by atoms with Crippen molar-refractivity contribution in [3.63, 3.8) is 0 Å². The molecule has 3 unspecified atom stereocenters. The lowest BCUT2D eigenvalue weighted by molar-refractivity contribution is -0.118. The smallest absolute Gasteiger partial charge is 0.409 e. The summed E-state index contributed by atoms with van der Waals surface area (Å²) < 4.78 is 55.6. The summed E-state index contributed by atoms with van der Waals surface area (Å²) in [6.45, 7) is 15.9. The van der Waals surface area contributed by atoms with Gasteiger partial charge in [0.15, 0.2) is 0 Å². The maximum atomic E-state index is 13.7. The van der Waals surface area contributed by atoms with Gasteiger partial charge in [-0.3, -0.25) is 29.1 Å². The first kappa shape index (κ1) is 60.2. The molecule has 0 N–H and O–H groups in total. The molecule has 0 aromatic heterocycles.